The third-order valence-corrected chi connectivity index (χ3v) is 5.63. The molecule has 3 aliphatic rings. The van der Waals surface area contributed by atoms with E-state index < -0.39 is 0 Å². The normalized spacial score (nSPS) is 22.7. The molecule has 0 spiro atoms. The molecular formula is C23H32N8O2. The van der Waals surface area contributed by atoms with Crippen molar-refractivity contribution in [3.63, 3.8) is 0 Å². The Morgan fingerprint density at radius 3 is 2.88 bits per heavy atom. The second-order valence-electron chi connectivity index (χ2n) is 8.08. The number of methoxy groups -OCH3 is 1. The molecule has 0 saturated carbocycles. The maximum Gasteiger partial charge on any atom is 0.292 e. The molecule has 2 atom stereocenters. The van der Waals surface area contributed by atoms with E-state index in [9.17, 15) is 0 Å². The molecule has 0 aliphatic carbocycles. The summed E-state index contributed by atoms with van der Waals surface area (Å²) in [5, 5.41) is 17.7. The lowest BCUT2D eigenvalue weighted by atomic mass is 10.1. The van der Waals surface area contributed by atoms with E-state index in [0.717, 1.165) is 30.7 Å². The zero-order valence-electron chi connectivity index (χ0n) is 19.1. The molecule has 4 rings (SSSR count). The molecule has 10 nitrogen and oxygen atoms in total. The molecule has 1 saturated heterocycles. The number of nitrogens with one attached hydrogen (secondary N) is 3. The van der Waals surface area contributed by atoms with Crippen molar-refractivity contribution in [3.05, 3.63) is 70.8 Å². The lowest BCUT2D eigenvalue weighted by Crippen LogP contribution is -2.42. The summed E-state index contributed by atoms with van der Waals surface area (Å²) in [4.78, 5) is 7.16. The van der Waals surface area contributed by atoms with Gasteiger partial charge in [-0.1, -0.05) is 55.0 Å². The number of amidine groups is 1. The molecule has 0 amide bonds. The molecule has 0 aromatic heterocycles. The summed E-state index contributed by atoms with van der Waals surface area (Å²) in [5.41, 5.74) is 4.24. The second-order valence-corrected chi connectivity index (χ2v) is 8.08. The van der Waals surface area contributed by atoms with E-state index in [1.165, 1.54) is 11.1 Å². The number of unbranched alkanes of at least 4 members (excludes halogenated alkanes) is 1. The van der Waals surface area contributed by atoms with Crippen LogP contribution in [0.4, 0.5) is 0 Å². The van der Waals surface area contributed by atoms with Gasteiger partial charge in [-0.2, -0.15) is 0 Å². The maximum atomic E-state index is 5.89. The smallest absolute Gasteiger partial charge is 0.292 e. The molecule has 3 aliphatic heterocycles. The summed E-state index contributed by atoms with van der Waals surface area (Å²) in [6.07, 6.45) is 5.72. The van der Waals surface area contributed by atoms with Crippen molar-refractivity contribution in [1.29, 1.82) is 0 Å². The minimum Gasteiger partial charge on any atom is -0.465 e. The minimum atomic E-state index is -0.323. The van der Waals surface area contributed by atoms with Crippen LogP contribution in [-0.4, -0.2) is 50.1 Å². The number of hydrogen-bond acceptors (Lipinski definition) is 9. The van der Waals surface area contributed by atoms with Crippen LogP contribution in [-0.2, 0) is 16.0 Å². The van der Waals surface area contributed by atoms with Crippen LogP contribution < -0.4 is 21.8 Å². The first kappa shape index (κ1) is 22.8. The minimum absolute atomic E-state index is 0.145. The molecule has 0 bridgehead atoms. The van der Waals surface area contributed by atoms with E-state index in [0.29, 0.717) is 31.6 Å². The molecule has 176 valence electrons. The largest absolute Gasteiger partial charge is 0.465 e. The summed E-state index contributed by atoms with van der Waals surface area (Å²) >= 11 is 0. The highest BCUT2D eigenvalue weighted by molar-refractivity contribution is 5.77. The standard InChI is InChI=1S/C23H32N8O2/c1-3-4-10-33-23-27-20(29-30-24)19-22(28-23)31(14-16-8-6-5-7-9-16)21(26-19)18-11-17(15-32-2)12-25-13-18/h5-9,11,13,21-22,25-26H,3-4,10,12,14-15H2,1-2H3,(H2,24,29)(H,27,28). The van der Waals surface area contributed by atoms with Crippen LogP contribution >= 0.6 is 0 Å². The fourth-order valence-corrected chi connectivity index (χ4v) is 4.09. The van der Waals surface area contributed by atoms with Gasteiger partial charge >= 0.3 is 0 Å². The van der Waals surface area contributed by atoms with Gasteiger partial charge in [-0.3, -0.25) is 5.32 Å². The van der Waals surface area contributed by atoms with Gasteiger partial charge < -0.3 is 25.9 Å². The number of nitrogens with two attached hydrogens (primary N) is 1. The Hall–Kier alpha value is -3.37. The van der Waals surface area contributed by atoms with Crippen LogP contribution in [0.15, 0.2) is 80.6 Å². The lowest BCUT2D eigenvalue weighted by Gasteiger charge is -2.30. The molecule has 10 heteroatoms. The number of dihydropyridines is 1. The molecule has 5 N–H and O–H groups in total. The van der Waals surface area contributed by atoms with E-state index in [4.69, 9.17) is 20.3 Å². The number of ether oxygens (including phenoxy) is 2. The van der Waals surface area contributed by atoms with Crippen LogP contribution in [0.1, 0.15) is 25.3 Å². The van der Waals surface area contributed by atoms with Crippen LogP contribution in [0.5, 0.6) is 0 Å². The summed E-state index contributed by atoms with van der Waals surface area (Å²) in [5.74, 6) is 5.92. The zero-order chi connectivity index (χ0) is 23.0. The van der Waals surface area contributed by atoms with E-state index in [1.807, 2.05) is 24.4 Å². The predicted octanol–water partition coefficient (Wildman–Crippen LogP) is 2.07. The Kier molecular flexibility index (Phi) is 7.59. The lowest BCUT2D eigenvalue weighted by molar-refractivity contribution is 0.200. The van der Waals surface area contributed by atoms with Crippen LogP contribution in [0.3, 0.4) is 0 Å². The first-order chi connectivity index (χ1) is 16.2. The van der Waals surface area contributed by atoms with Gasteiger partial charge in [0.15, 0.2) is 12.0 Å². The van der Waals surface area contributed by atoms with Crippen molar-refractivity contribution in [2.45, 2.75) is 38.6 Å². The van der Waals surface area contributed by atoms with Crippen LogP contribution in [0.2, 0.25) is 0 Å². The van der Waals surface area contributed by atoms with Crippen molar-refractivity contribution in [3.8, 4) is 0 Å². The number of nitrogens with zero attached hydrogens (tertiary/aromatic N) is 4. The molecule has 3 heterocycles. The van der Waals surface area contributed by atoms with Gasteiger partial charge in [-0.05, 0) is 17.6 Å². The highest BCUT2D eigenvalue weighted by Gasteiger charge is 2.43. The van der Waals surface area contributed by atoms with Crippen molar-refractivity contribution in [2.24, 2.45) is 21.2 Å². The van der Waals surface area contributed by atoms with Gasteiger partial charge in [-0.25, -0.2) is 9.89 Å². The SMILES string of the molecule is CCCCOC1=NC2C(=C(N=NN)N1)NC(C1=CNCC(COC)=C1)N2Cc1ccccc1. The Labute approximate surface area is 194 Å². The monoisotopic (exact) mass is 452 g/mol. The topological polar surface area (TPSA) is 121 Å². The number of aliphatic imine (C=N–C) groups is 1. The van der Waals surface area contributed by atoms with Gasteiger partial charge in [0.2, 0.25) is 0 Å². The van der Waals surface area contributed by atoms with Crippen molar-refractivity contribution in [2.75, 3.05) is 26.9 Å². The number of fused-ring (bicyclic) bond motifs is 1. The molecule has 1 aromatic carbocycles. The first-order valence-electron chi connectivity index (χ1n) is 11.2. The number of rotatable bonds is 9. The Morgan fingerprint density at radius 2 is 2.12 bits per heavy atom. The van der Waals surface area contributed by atoms with E-state index in [2.05, 4.69) is 56.3 Å². The second kappa shape index (κ2) is 11.0. The van der Waals surface area contributed by atoms with E-state index in [-0.39, 0.29) is 12.3 Å². The third-order valence-electron chi connectivity index (χ3n) is 5.63. The van der Waals surface area contributed by atoms with Crippen LogP contribution in [0.25, 0.3) is 0 Å². The number of benzene rings is 1. The van der Waals surface area contributed by atoms with Crippen molar-refractivity contribution >= 4 is 6.02 Å². The highest BCUT2D eigenvalue weighted by Crippen LogP contribution is 2.32. The Balaban J connectivity index is 1.69. The fraction of sp³-hybridized carbons (Fsp3) is 0.435. The molecular weight excluding hydrogens is 420 g/mol. The maximum absolute atomic E-state index is 5.89. The summed E-state index contributed by atoms with van der Waals surface area (Å²) in [6.45, 7) is 4.71. The number of hydrogen-bond donors (Lipinski definition) is 4. The van der Waals surface area contributed by atoms with Gasteiger partial charge in [-0.15, -0.1) is 5.11 Å². The average Bonchev–Trinajstić information content (AvgIpc) is 3.19. The predicted molar refractivity (Wildman–Crippen MR) is 126 cm³/mol. The van der Waals surface area contributed by atoms with Gasteiger partial charge in [0.25, 0.3) is 6.02 Å². The summed E-state index contributed by atoms with van der Waals surface area (Å²) < 4.78 is 11.2. The van der Waals surface area contributed by atoms with E-state index >= 15 is 0 Å². The Morgan fingerprint density at radius 1 is 1.27 bits per heavy atom. The highest BCUT2D eigenvalue weighted by atomic mass is 16.5. The molecule has 2 unspecified atom stereocenters. The summed E-state index contributed by atoms with van der Waals surface area (Å²) in [7, 11) is 1.71. The van der Waals surface area contributed by atoms with Crippen LogP contribution in [0, 0.1) is 0 Å². The quantitative estimate of drug-likeness (QED) is 0.196. The Bertz CT molecular complexity index is 970. The fourth-order valence-electron chi connectivity index (χ4n) is 4.09. The molecule has 33 heavy (non-hydrogen) atoms. The van der Waals surface area contributed by atoms with Crippen molar-refractivity contribution in [1.82, 2.24) is 20.9 Å². The van der Waals surface area contributed by atoms with E-state index in [1.54, 1.807) is 7.11 Å². The van der Waals surface area contributed by atoms with Gasteiger partial charge in [0.05, 0.1) is 18.9 Å². The first-order valence-corrected chi connectivity index (χ1v) is 11.2. The van der Waals surface area contributed by atoms with Crippen molar-refractivity contribution < 1.29 is 9.47 Å². The summed E-state index contributed by atoms with van der Waals surface area (Å²) in [6, 6.07) is 10.8. The molecule has 1 fully saturated rings. The third kappa shape index (κ3) is 5.35. The molecule has 1 aromatic rings. The average molecular weight is 453 g/mol. The van der Waals surface area contributed by atoms with Gasteiger partial charge in [0.1, 0.15) is 6.17 Å². The molecule has 0 radical (unpaired) electrons. The zero-order valence-corrected chi connectivity index (χ0v) is 19.1. The van der Waals surface area contributed by atoms with Gasteiger partial charge in [0, 0.05) is 32.0 Å².